The number of halogens is 5. The van der Waals surface area contributed by atoms with Crippen LogP contribution in [0.2, 0.25) is 0 Å². The number of hydrogen-bond donors (Lipinski definition) is 2. The van der Waals surface area contributed by atoms with Crippen LogP contribution in [-0.2, 0) is 6.18 Å². The molecule has 0 spiro atoms. The Morgan fingerprint density at radius 1 is 1.35 bits per heavy atom. The average Bonchev–Trinajstić information content (AvgIpc) is 2.16. The Kier molecular flexibility index (Phi) is 6.47. The Bertz CT molecular complexity index is 373. The zero-order chi connectivity index (χ0) is 12.3. The molecule has 3 N–H and O–H groups in total. The minimum Gasteiger partial charge on any atom is -0.396 e. The summed E-state index contributed by atoms with van der Waals surface area (Å²) >= 11 is 3.14. The molecule has 0 aliphatic heterocycles. The quantitative estimate of drug-likeness (QED) is 0.891. The summed E-state index contributed by atoms with van der Waals surface area (Å²) in [7, 11) is 0. The van der Waals surface area contributed by atoms with Gasteiger partial charge in [-0.3, -0.25) is 0 Å². The number of aliphatic hydroxyl groups excluding tert-OH is 1. The molecule has 0 unspecified atom stereocenters. The molecule has 7 heteroatoms. The molecule has 1 aromatic carbocycles. The molecule has 2 nitrogen and oxygen atoms in total. The first-order valence-electron chi connectivity index (χ1n) is 4.59. The number of benzene rings is 1. The van der Waals surface area contributed by atoms with Crippen molar-refractivity contribution in [3.63, 3.8) is 0 Å². The van der Waals surface area contributed by atoms with E-state index < -0.39 is 17.8 Å². The minimum absolute atomic E-state index is 0. The lowest BCUT2D eigenvalue weighted by Gasteiger charge is -2.15. The van der Waals surface area contributed by atoms with Gasteiger partial charge >= 0.3 is 6.18 Å². The highest BCUT2D eigenvalue weighted by molar-refractivity contribution is 9.10. The highest BCUT2D eigenvalue weighted by Crippen LogP contribution is 2.33. The van der Waals surface area contributed by atoms with Crippen LogP contribution in [0.3, 0.4) is 0 Å². The van der Waals surface area contributed by atoms with Gasteiger partial charge in [-0.05, 0) is 30.2 Å². The maximum atomic E-state index is 12.4. The predicted octanol–water partition coefficient (Wildman–Crippen LogP) is 3.27. The van der Waals surface area contributed by atoms with Crippen molar-refractivity contribution in [1.82, 2.24) is 0 Å². The van der Waals surface area contributed by atoms with Gasteiger partial charge in [0.05, 0.1) is 5.56 Å². The van der Waals surface area contributed by atoms with Crippen molar-refractivity contribution in [2.24, 2.45) is 5.73 Å². The van der Waals surface area contributed by atoms with Gasteiger partial charge in [0.25, 0.3) is 0 Å². The van der Waals surface area contributed by atoms with Crippen molar-refractivity contribution in [2.45, 2.75) is 18.6 Å². The first kappa shape index (κ1) is 16.7. The van der Waals surface area contributed by atoms with Gasteiger partial charge in [0.1, 0.15) is 0 Å². The summed E-state index contributed by atoms with van der Waals surface area (Å²) in [5.74, 6) is 0. The SMILES string of the molecule is Cl.N[C@H](CCO)c1cc(C(F)(F)F)ccc1Br. The summed E-state index contributed by atoms with van der Waals surface area (Å²) in [6.07, 6.45) is -4.16. The molecule has 0 bridgehead atoms. The molecule has 0 saturated carbocycles. The van der Waals surface area contributed by atoms with E-state index in [2.05, 4.69) is 15.9 Å². The van der Waals surface area contributed by atoms with E-state index >= 15 is 0 Å². The maximum Gasteiger partial charge on any atom is 0.416 e. The van der Waals surface area contributed by atoms with E-state index in [1.165, 1.54) is 6.07 Å². The van der Waals surface area contributed by atoms with Crippen LogP contribution in [0.4, 0.5) is 13.2 Å². The van der Waals surface area contributed by atoms with Crippen LogP contribution >= 0.6 is 28.3 Å². The van der Waals surface area contributed by atoms with E-state index in [9.17, 15) is 13.2 Å². The summed E-state index contributed by atoms with van der Waals surface area (Å²) in [4.78, 5) is 0. The topological polar surface area (TPSA) is 46.2 Å². The maximum absolute atomic E-state index is 12.4. The van der Waals surface area contributed by atoms with Crippen molar-refractivity contribution in [2.75, 3.05) is 6.61 Å². The highest BCUT2D eigenvalue weighted by Gasteiger charge is 2.31. The van der Waals surface area contributed by atoms with Crippen molar-refractivity contribution < 1.29 is 18.3 Å². The van der Waals surface area contributed by atoms with E-state index in [4.69, 9.17) is 10.8 Å². The number of hydrogen-bond acceptors (Lipinski definition) is 2. The fourth-order valence-electron chi connectivity index (χ4n) is 1.30. The third-order valence-electron chi connectivity index (χ3n) is 2.16. The van der Waals surface area contributed by atoms with Crippen LogP contribution in [0, 0.1) is 0 Å². The molecule has 1 atom stereocenters. The highest BCUT2D eigenvalue weighted by atomic mass is 79.9. The Hall–Kier alpha value is -0.300. The van der Waals surface area contributed by atoms with Crippen molar-refractivity contribution in [1.29, 1.82) is 0 Å². The summed E-state index contributed by atoms with van der Waals surface area (Å²) < 4.78 is 37.8. The van der Waals surface area contributed by atoms with Crippen molar-refractivity contribution in [3.05, 3.63) is 33.8 Å². The second-order valence-corrected chi connectivity index (χ2v) is 4.21. The lowest BCUT2D eigenvalue weighted by molar-refractivity contribution is -0.137. The lowest BCUT2D eigenvalue weighted by Crippen LogP contribution is -2.14. The Balaban J connectivity index is 0.00000256. The molecule has 0 saturated heterocycles. The van der Waals surface area contributed by atoms with Crippen LogP contribution in [0.5, 0.6) is 0 Å². The van der Waals surface area contributed by atoms with E-state index in [1.54, 1.807) is 0 Å². The van der Waals surface area contributed by atoms with Crippen LogP contribution in [0.1, 0.15) is 23.6 Å². The molecule has 0 fully saturated rings. The van der Waals surface area contributed by atoms with Crippen molar-refractivity contribution >= 4 is 28.3 Å². The molecule has 0 radical (unpaired) electrons. The fourth-order valence-corrected chi connectivity index (χ4v) is 1.84. The first-order valence-corrected chi connectivity index (χ1v) is 5.38. The second kappa shape index (κ2) is 6.58. The number of rotatable bonds is 3. The van der Waals surface area contributed by atoms with Gasteiger partial charge in [-0.15, -0.1) is 12.4 Å². The van der Waals surface area contributed by atoms with Gasteiger partial charge < -0.3 is 10.8 Å². The number of aliphatic hydroxyl groups is 1. The zero-order valence-corrected chi connectivity index (χ0v) is 11.1. The molecule has 0 aliphatic carbocycles. The van der Waals surface area contributed by atoms with Crippen LogP contribution in [0.15, 0.2) is 22.7 Å². The van der Waals surface area contributed by atoms with E-state index in [0.29, 0.717) is 10.0 Å². The van der Waals surface area contributed by atoms with Crippen LogP contribution in [0.25, 0.3) is 0 Å². The van der Waals surface area contributed by atoms with E-state index in [1.807, 2.05) is 0 Å². The van der Waals surface area contributed by atoms with Gasteiger partial charge in [-0.2, -0.15) is 13.2 Å². The molecule has 0 aliphatic rings. The summed E-state index contributed by atoms with van der Waals surface area (Å²) in [5.41, 5.74) is 5.28. The largest absolute Gasteiger partial charge is 0.416 e. The second-order valence-electron chi connectivity index (χ2n) is 3.35. The van der Waals surface area contributed by atoms with Crippen molar-refractivity contribution in [3.8, 4) is 0 Å². The zero-order valence-electron chi connectivity index (χ0n) is 8.67. The molecule has 0 aromatic heterocycles. The average molecular weight is 335 g/mol. The third-order valence-corrected chi connectivity index (χ3v) is 2.89. The van der Waals surface area contributed by atoms with Gasteiger partial charge in [-0.25, -0.2) is 0 Å². The number of nitrogens with two attached hydrogens (primary N) is 1. The van der Waals surface area contributed by atoms with E-state index in [0.717, 1.165) is 12.1 Å². The van der Waals surface area contributed by atoms with Crippen LogP contribution in [-0.4, -0.2) is 11.7 Å². The Morgan fingerprint density at radius 2 is 1.94 bits per heavy atom. The van der Waals surface area contributed by atoms with Gasteiger partial charge in [-0.1, -0.05) is 15.9 Å². The predicted molar refractivity (Wildman–Crippen MR) is 65.0 cm³/mol. The minimum atomic E-state index is -4.38. The molecular formula is C10H12BrClF3NO. The fraction of sp³-hybridized carbons (Fsp3) is 0.400. The third kappa shape index (κ3) is 4.46. The van der Waals surface area contributed by atoms with Gasteiger partial charge in [0, 0.05) is 17.1 Å². The molecule has 98 valence electrons. The number of alkyl halides is 3. The normalized spacial score (nSPS) is 13.1. The Labute approximate surface area is 112 Å². The smallest absolute Gasteiger partial charge is 0.396 e. The Morgan fingerprint density at radius 3 is 2.41 bits per heavy atom. The summed E-state index contributed by atoms with van der Waals surface area (Å²) in [6.45, 7) is -0.163. The molecular weight excluding hydrogens is 322 g/mol. The molecule has 17 heavy (non-hydrogen) atoms. The molecule has 0 amide bonds. The first-order chi connectivity index (χ1) is 7.36. The molecule has 1 aromatic rings. The molecule has 1 rings (SSSR count). The lowest BCUT2D eigenvalue weighted by atomic mass is 10.0. The monoisotopic (exact) mass is 333 g/mol. The van der Waals surface area contributed by atoms with E-state index in [-0.39, 0.29) is 25.4 Å². The molecule has 0 heterocycles. The standard InChI is InChI=1S/C10H11BrF3NO.ClH/c11-8-2-1-6(10(12,13)14)5-7(8)9(15)3-4-16;/h1-2,5,9,16H,3-4,15H2;1H/t9-;/m1./s1. The van der Waals surface area contributed by atoms with Gasteiger partial charge in [0.15, 0.2) is 0 Å². The summed E-state index contributed by atoms with van der Waals surface area (Å²) in [6, 6.07) is 2.70. The summed E-state index contributed by atoms with van der Waals surface area (Å²) in [5, 5.41) is 8.70. The van der Waals surface area contributed by atoms with Gasteiger partial charge in [0.2, 0.25) is 0 Å². The van der Waals surface area contributed by atoms with Crippen LogP contribution < -0.4 is 5.73 Å².